The minimum absolute atomic E-state index is 0.0934. The normalized spacial score (nSPS) is 10.5. The van der Waals surface area contributed by atoms with Crippen LogP contribution >= 0.6 is 0 Å². The third-order valence-corrected chi connectivity index (χ3v) is 3.13. The van der Waals surface area contributed by atoms with Crippen LogP contribution in [0.3, 0.4) is 0 Å². The van der Waals surface area contributed by atoms with Crippen molar-refractivity contribution in [3.63, 3.8) is 0 Å². The molecular formula is C16H24N2O4. The first-order chi connectivity index (χ1) is 10.7. The molecule has 0 saturated heterocycles. The van der Waals surface area contributed by atoms with Gasteiger partial charge in [-0.25, -0.2) is 5.43 Å². The Kier molecular flexibility index (Phi) is 7.81. The SMILES string of the molecule is CCCCCC(=O)N/N=C/c1ccc(OC)c(OC)c1OC. The van der Waals surface area contributed by atoms with Gasteiger partial charge in [-0.1, -0.05) is 19.8 Å². The van der Waals surface area contributed by atoms with Gasteiger partial charge in [-0.15, -0.1) is 0 Å². The zero-order valence-electron chi connectivity index (χ0n) is 13.6. The summed E-state index contributed by atoms with van der Waals surface area (Å²) < 4.78 is 15.8. The summed E-state index contributed by atoms with van der Waals surface area (Å²) in [4.78, 5) is 11.6. The van der Waals surface area contributed by atoms with Crippen molar-refractivity contribution in [1.29, 1.82) is 0 Å². The number of nitrogens with zero attached hydrogens (tertiary/aromatic N) is 1. The van der Waals surface area contributed by atoms with E-state index in [4.69, 9.17) is 14.2 Å². The molecule has 0 aromatic heterocycles. The molecule has 1 N–H and O–H groups in total. The van der Waals surface area contributed by atoms with E-state index in [1.807, 2.05) is 0 Å². The number of unbranched alkanes of at least 4 members (excludes halogenated alkanes) is 2. The van der Waals surface area contributed by atoms with Crippen LogP contribution in [0, 0.1) is 0 Å². The van der Waals surface area contributed by atoms with Crippen LogP contribution in [0.4, 0.5) is 0 Å². The molecule has 1 aromatic rings. The second-order valence-electron chi connectivity index (χ2n) is 4.67. The maximum Gasteiger partial charge on any atom is 0.240 e. The highest BCUT2D eigenvalue weighted by Crippen LogP contribution is 2.38. The Morgan fingerprint density at radius 1 is 1.14 bits per heavy atom. The Bertz CT molecular complexity index is 515. The molecule has 122 valence electrons. The first-order valence-corrected chi connectivity index (χ1v) is 7.28. The Labute approximate surface area is 131 Å². The van der Waals surface area contributed by atoms with Crippen LogP contribution in [0.1, 0.15) is 38.2 Å². The van der Waals surface area contributed by atoms with Crippen LogP contribution in [0.5, 0.6) is 17.2 Å². The number of amides is 1. The molecule has 0 radical (unpaired) electrons. The molecule has 0 spiro atoms. The number of benzene rings is 1. The fourth-order valence-electron chi connectivity index (χ4n) is 1.99. The van der Waals surface area contributed by atoms with E-state index in [9.17, 15) is 4.79 Å². The van der Waals surface area contributed by atoms with Gasteiger partial charge < -0.3 is 14.2 Å². The Morgan fingerprint density at radius 2 is 1.86 bits per heavy atom. The zero-order chi connectivity index (χ0) is 16.4. The highest BCUT2D eigenvalue weighted by molar-refractivity contribution is 5.87. The summed E-state index contributed by atoms with van der Waals surface area (Å²) in [5.74, 6) is 1.47. The van der Waals surface area contributed by atoms with Crippen LogP contribution in [-0.2, 0) is 4.79 Å². The Hall–Kier alpha value is -2.24. The van der Waals surface area contributed by atoms with Gasteiger partial charge in [0.2, 0.25) is 11.7 Å². The number of carbonyl (C=O) groups is 1. The number of nitrogens with one attached hydrogen (secondary N) is 1. The lowest BCUT2D eigenvalue weighted by Gasteiger charge is -2.13. The van der Waals surface area contributed by atoms with Gasteiger partial charge >= 0.3 is 0 Å². The molecule has 1 rings (SSSR count). The van der Waals surface area contributed by atoms with Crippen molar-refractivity contribution in [2.75, 3.05) is 21.3 Å². The molecule has 0 fully saturated rings. The number of hydrogen-bond donors (Lipinski definition) is 1. The van der Waals surface area contributed by atoms with E-state index in [0.29, 0.717) is 29.2 Å². The average Bonchev–Trinajstić information content (AvgIpc) is 2.54. The smallest absolute Gasteiger partial charge is 0.240 e. The zero-order valence-corrected chi connectivity index (χ0v) is 13.6. The fourth-order valence-corrected chi connectivity index (χ4v) is 1.99. The van der Waals surface area contributed by atoms with E-state index in [2.05, 4.69) is 17.5 Å². The molecule has 6 heteroatoms. The van der Waals surface area contributed by atoms with Gasteiger partial charge in [0, 0.05) is 12.0 Å². The van der Waals surface area contributed by atoms with Gasteiger partial charge in [-0.2, -0.15) is 5.10 Å². The predicted molar refractivity (Wildman–Crippen MR) is 86.0 cm³/mol. The maximum atomic E-state index is 11.6. The van der Waals surface area contributed by atoms with E-state index >= 15 is 0 Å². The summed E-state index contributed by atoms with van der Waals surface area (Å²) >= 11 is 0. The largest absolute Gasteiger partial charge is 0.493 e. The van der Waals surface area contributed by atoms with Crippen molar-refractivity contribution in [2.24, 2.45) is 5.10 Å². The molecule has 0 aliphatic carbocycles. The van der Waals surface area contributed by atoms with Gasteiger partial charge in [-0.3, -0.25) is 4.79 Å². The predicted octanol–water partition coefficient (Wildman–Crippen LogP) is 2.74. The molecule has 6 nitrogen and oxygen atoms in total. The van der Waals surface area contributed by atoms with E-state index in [1.54, 1.807) is 19.2 Å². The van der Waals surface area contributed by atoms with E-state index < -0.39 is 0 Å². The van der Waals surface area contributed by atoms with Gasteiger partial charge in [0.25, 0.3) is 0 Å². The molecule has 1 aromatic carbocycles. The van der Waals surface area contributed by atoms with E-state index in [1.165, 1.54) is 20.4 Å². The van der Waals surface area contributed by atoms with E-state index in [-0.39, 0.29) is 5.91 Å². The molecular weight excluding hydrogens is 284 g/mol. The van der Waals surface area contributed by atoms with Crippen molar-refractivity contribution >= 4 is 12.1 Å². The summed E-state index contributed by atoms with van der Waals surface area (Å²) in [6, 6.07) is 3.54. The van der Waals surface area contributed by atoms with Crippen LogP contribution < -0.4 is 19.6 Å². The lowest BCUT2D eigenvalue weighted by molar-refractivity contribution is -0.121. The summed E-state index contributed by atoms with van der Waals surface area (Å²) in [5.41, 5.74) is 3.20. The first-order valence-electron chi connectivity index (χ1n) is 7.28. The minimum Gasteiger partial charge on any atom is -0.493 e. The number of hydrazone groups is 1. The molecule has 0 atom stereocenters. The van der Waals surface area contributed by atoms with Crippen LogP contribution in [-0.4, -0.2) is 33.5 Å². The number of methoxy groups -OCH3 is 3. The average molecular weight is 308 g/mol. The van der Waals surface area contributed by atoms with Crippen molar-refractivity contribution in [1.82, 2.24) is 5.43 Å². The molecule has 0 saturated carbocycles. The third kappa shape index (κ3) is 4.95. The fraction of sp³-hybridized carbons (Fsp3) is 0.500. The summed E-state index contributed by atoms with van der Waals surface area (Å²) in [6.07, 6.45) is 5.00. The third-order valence-electron chi connectivity index (χ3n) is 3.13. The lowest BCUT2D eigenvalue weighted by atomic mass is 10.2. The molecule has 1 amide bonds. The quantitative estimate of drug-likeness (QED) is 0.433. The molecule has 0 heterocycles. The van der Waals surface area contributed by atoms with Gasteiger partial charge in [0.1, 0.15) is 0 Å². The second-order valence-corrected chi connectivity index (χ2v) is 4.67. The molecule has 0 unspecified atom stereocenters. The number of ether oxygens (including phenoxy) is 3. The van der Waals surface area contributed by atoms with Crippen molar-refractivity contribution in [3.05, 3.63) is 17.7 Å². The Balaban J connectivity index is 2.76. The monoisotopic (exact) mass is 308 g/mol. The molecule has 0 aliphatic heterocycles. The van der Waals surface area contributed by atoms with Gasteiger partial charge in [-0.05, 0) is 18.6 Å². The van der Waals surface area contributed by atoms with Gasteiger partial charge in [0.15, 0.2) is 11.5 Å². The highest BCUT2D eigenvalue weighted by Gasteiger charge is 2.14. The first kappa shape index (κ1) is 17.8. The summed E-state index contributed by atoms with van der Waals surface area (Å²) in [7, 11) is 4.64. The van der Waals surface area contributed by atoms with E-state index in [0.717, 1.165) is 19.3 Å². The topological polar surface area (TPSA) is 69.2 Å². The van der Waals surface area contributed by atoms with Crippen LogP contribution in [0.15, 0.2) is 17.2 Å². The van der Waals surface area contributed by atoms with Crippen LogP contribution in [0.2, 0.25) is 0 Å². The van der Waals surface area contributed by atoms with Crippen molar-refractivity contribution < 1.29 is 19.0 Å². The number of hydrogen-bond acceptors (Lipinski definition) is 5. The highest BCUT2D eigenvalue weighted by atomic mass is 16.5. The van der Waals surface area contributed by atoms with Gasteiger partial charge in [0.05, 0.1) is 27.5 Å². The standard InChI is InChI=1S/C16H24N2O4/c1-5-6-7-8-14(19)18-17-11-12-9-10-13(20-2)16(22-4)15(12)21-3/h9-11H,5-8H2,1-4H3,(H,18,19)/b17-11+. The van der Waals surface area contributed by atoms with Crippen LogP contribution in [0.25, 0.3) is 0 Å². The number of rotatable bonds is 9. The summed E-state index contributed by atoms with van der Waals surface area (Å²) in [5, 5.41) is 3.96. The number of carbonyl (C=O) groups excluding carboxylic acids is 1. The maximum absolute atomic E-state index is 11.6. The summed E-state index contributed by atoms with van der Waals surface area (Å²) in [6.45, 7) is 2.10. The lowest BCUT2D eigenvalue weighted by Crippen LogP contribution is -2.17. The van der Waals surface area contributed by atoms with Crippen molar-refractivity contribution in [2.45, 2.75) is 32.6 Å². The molecule has 22 heavy (non-hydrogen) atoms. The molecule has 0 bridgehead atoms. The second kappa shape index (κ2) is 9.65. The van der Waals surface area contributed by atoms with Crippen molar-refractivity contribution in [3.8, 4) is 17.2 Å². The minimum atomic E-state index is -0.0934. The Morgan fingerprint density at radius 3 is 2.45 bits per heavy atom. The molecule has 0 aliphatic rings.